The fraction of sp³-hybridized carbons (Fsp3) is 0.167. The van der Waals surface area contributed by atoms with E-state index in [1.54, 1.807) is 0 Å². The molecule has 0 aliphatic heterocycles. The van der Waals surface area contributed by atoms with Crippen LogP contribution in [0.5, 0.6) is 0 Å². The zero-order valence-electron chi connectivity index (χ0n) is 15.4. The predicted octanol–water partition coefficient (Wildman–Crippen LogP) is 5.38. The Morgan fingerprint density at radius 2 is 1.63 bits per heavy atom. The van der Waals surface area contributed by atoms with Crippen LogP contribution in [0.1, 0.15) is 23.7 Å². The van der Waals surface area contributed by atoms with Gasteiger partial charge in [0.1, 0.15) is 17.3 Å². The highest BCUT2D eigenvalue weighted by atomic mass is 15.3. The maximum absolute atomic E-state index is 9.84. The first-order chi connectivity index (χ1) is 13.3. The van der Waals surface area contributed by atoms with Crippen LogP contribution in [0.15, 0.2) is 72.8 Å². The van der Waals surface area contributed by atoms with Crippen LogP contribution in [-0.2, 0) is 19.4 Å². The minimum Gasteiger partial charge on any atom is -0.268 e. The largest absolute Gasteiger partial charge is 0.268 e. The summed E-state index contributed by atoms with van der Waals surface area (Å²) in [6, 6.07) is 27.3. The van der Waals surface area contributed by atoms with Crippen LogP contribution in [0.25, 0.3) is 22.0 Å². The summed E-state index contributed by atoms with van der Waals surface area (Å²) in [5.74, 6) is 0. The van der Waals surface area contributed by atoms with E-state index in [-0.39, 0.29) is 0 Å². The van der Waals surface area contributed by atoms with Gasteiger partial charge >= 0.3 is 0 Å². The molecule has 3 aromatic carbocycles. The normalized spacial score (nSPS) is 10.8. The molecule has 0 aliphatic carbocycles. The second-order valence-electron chi connectivity index (χ2n) is 6.60. The van der Waals surface area contributed by atoms with Gasteiger partial charge in [-0.3, -0.25) is 4.68 Å². The van der Waals surface area contributed by atoms with Crippen molar-refractivity contribution < 1.29 is 0 Å². The molecule has 0 bridgehead atoms. The Labute approximate surface area is 159 Å². The van der Waals surface area contributed by atoms with Gasteiger partial charge in [-0.05, 0) is 36.1 Å². The fourth-order valence-corrected chi connectivity index (χ4v) is 3.69. The molecular weight excluding hydrogens is 330 g/mol. The van der Waals surface area contributed by atoms with Crippen molar-refractivity contribution in [1.29, 1.82) is 5.26 Å². The Morgan fingerprint density at radius 1 is 0.889 bits per heavy atom. The van der Waals surface area contributed by atoms with Crippen LogP contribution in [-0.4, -0.2) is 9.78 Å². The lowest BCUT2D eigenvalue weighted by Gasteiger charge is -2.08. The van der Waals surface area contributed by atoms with Gasteiger partial charge in [-0.15, -0.1) is 0 Å². The van der Waals surface area contributed by atoms with E-state index in [0.717, 1.165) is 36.3 Å². The number of hydrogen-bond donors (Lipinski definition) is 0. The fourth-order valence-electron chi connectivity index (χ4n) is 3.69. The highest BCUT2D eigenvalue weighted by Gasteiger charge is 2.18. The maximum atomic E-state index is 9.84. The standard InChI is InChI=1S/C24H21N3/c1-2-27-23(22(17-25)24(26-27)20-10-4-3-5-11-20)16-15-19-13-8-12-18-9-6-7-14-21(18)19/h3-14H,2,15-16H2,1H3. The van der Waals surface area contributed by atoms with E-state index >= 15 is 0 Å². The second kappa shape index (κ2) is 7.47. The summed E-state index contributed by atoms with van der Waals surface area (Å²) in [7, 11) is 0. The first-order valence-electron chi connectivity index (χ1n) is 9.33. The average molecular weight is 351 g/mol. The van der Waals surface area contributed by atoms with E-state index in [9.17, 15) is 5.26 Å². The summed E-state index contributed by atoms with van der Waals surface area (Å²) in [6.07, 6.45) is 1.68. The number of rotatable bonds is 5. The summed E-state index contributed by atoms with van der Waals surface area (Å²) < 4.78 is 1.98. The molecular formula is C24H21N3. The zero-order valence-corrected chi connectivity index (χ0v) is 15.4. The van der Waals surface area contributed by atoms with Crippen molar-refractivity contribution in [2.24, 2.45) is 0 Å². The summed E-state index contributed by atoms with van der Waals surface area (Å²) in [5.41, 5.74) is 4.80. The Hall–Kier alpha value is -3.38. The summed E-state index contributed by atoms with van der Waals surface area (Å²) in [5, 5.41) is 17.1. The predicted molar refractivity (Wildman–Crippen MR) is 109 cm³/mol. The molecule has 0 aliphatic rings. The molecule has 0 amide bonds. The molecule has 1 heterocycles. The second-order valence-corrected chi connectivity index (χ2v) is 6.60. The van der Waals surface area contributed by atoms with Crippen LogP contribution < -0.4 is 0 Å². The Morgan fingerprint density at radius 3 is 2.41 bits per heavy atom. The molecule has 0 fully saturated rings. The van der Waals surface area contributed by atoms with Gasteiger partial charge < -0.3 is 0 Å². The third-order valence-corrected chi connectivity index (χ3v) is 5.03. The van der Waals surface area contributed by atoms with Crippen LogP contribution in [0.3, 0.4) is 0 Å². The maximum Gasteiger partial charge on any atom is 0.110 e. The number of aryl methyl sites for hydroxylation is 2. The van der Waals surface area contributed by atoms with Crippen LogP contribution in [0, 0.1) is 11.3 Å². The molecule has 0 radical (unpaired) electrons. The number of nitrogens with zero attached hydrogens (tertiary/aromatic N) is 3. The highest BCUT2D eigenvalue weighted by molar-refractivity contribution is 5.85. The van der Waals surface area contributed by atoms with E-state index in [1.165, 1.54) is 16.3 Å². The van der Waals surface area contributed by atoms with Crippen LogP contribution in [0.2, 0.25) is 0 Å². The van der Waals surface area contributed by atoms with E-state index in [2.05, 4.69) is 55.5 Å². The van der Waals surface area contributed by atoms with Crippen molar-refractivity contribution in [2.45, 2.75) is 26.3 Å². The van der Waals surface area contributed by atoms with Crippen molar-refractivity contribution in [1.82, 2.24) is 9.78 Å². The van der Waals surface area contributed by atoms with Gasteiger partial charge in [0.15, 0.2) is 0 Å². The topological polar surface area (TPSA) is 41.6 Å². The van der Waals surface area contributed by atoms with Crippen molar-refractivity contribution in [3.8, 4) is 17.3 Å². The van der Waals surface area contributed by atoms with E-state index < -0.39 is 0 Å². The van der Waals surface area contributed by atoms with Crippen molar-refractivity contribution in [2.75, 3.05) is 0 Å². The van der Waals surface area contributed by atoms with Gasteiger partial charge in [0.2, 0.25) is 0 Å². The van der Waals surface area contributed by atoms with Gasteiger partial charge in [-0.1, -0.05) is 72.8 Å². The molecule has 27 heavy (non-hydrogen) atoms. The minimum absolute atomic E-state index is 0.697. The van der Waals surface area contributed by atoms with Gasteiger partial charge in [-0.25, -0.2) is 0 Å². The van der Waals surface area contributed by atoms with Crippen molar-refractivity contribution in [3.05, 3.63) is 89.6 Å². The molecule has 0 atom stereocenters. The lowest BCUT2D eigenvalue weighted by molar-refractivity contribution is 0.620. The molecule has 132 valence electrons. The molecule has 0 spiro atoms. The minimum atomic E-state index is 0.697. The van der Waals surface area contributed by atoms with E-state index in [4.69, 9.17) is 5.10 Å². The van der Waals surface area contributed by atoms with Gasteiger partial charge in [0.05, 0.1) is 5.69 Å². The summed E-state index contributed by atoms with van der Waals surface area (Å²) in [6.45, 7) is 2.83. The molecule has 4 rings (SSSR count). The Balaban J connectivity index is 1.71. The highest BCUT2D eigenvalue weighted by Crippen LogP contribution is 2.27. The van der Waals surface area contributed by atoms with Crippen LogP contribution in [0.4, 0.5) is 0 Å². The number of aromatic nitrogens is 2. The first kappa shape index (κ1) is 17.1. The molecule has 0 N–H and O–H groups in total. The third-order valence-electron chi connectivity index (χ3n) is 5.03. The van der Waals surface area contributed by atoms with Gasteiger partial charge in [-0.2, -0.15) is 10.4 Å². The molecule has 3 nitrogen and oxygen atoms in total. The summed E-state index contributed by atoms with van der Waals surface area (Å²) in [4.78, 5) is 0. The lowest BCUT2D eigenvalue weighted by Crippen LogP contribution is -2.05. The molecule has 0 saturated heterocycles. The molecule has 0 saturated carbocycles. The van der Waals surface area contributed by atoms with Crippen LogP contribution >= 0.6 is 0 Å². The SMILES string of the molecule is CCn1nc(-c2ccccc2)c(C#N)c1CCc1cccc2ccccc12. The lowest BCUT2D eigenvalue weighted by atomic mass is 9.98. The quantitative estimate of drug-likeness (QED) is 0.484. The van der Waals surface area contributed by atoms with Gasteiger partial charge in [0, 0.05) is 12.1 Å². The average Bonchev–Trinajstić information content (AvgIpc) is 3.10. The van der Waals surface area contributed by atoms with E-state index in [1.807, 2.05) is 35.0 Å². The Kier molecular flexibility index (Phi) is 4.72. The molecule has 3 heteroatoms. The number of hydrogen-bond acceptors (Lipinski definition) is 2. The number of nitriles is 1. The molecule has 0 unspecified atom stereocenters. The van der Waals surface area contributed by atoms with Crippen molar-refractivity contribution >= 4 is 10.8 Å². The molecule has 4 aromatic rings. The smallest absolute Gasteiger partial charge is 0.110 e. The monoisotopic (exact) mass is 351 g/mol. The Bertz CT molecular complexity index is 1110. The number of benzene rings is 3. The molecule has 1 aromatic heterocycles. The van der Waals surface area contributed by atoms with E-state index in [0.29, 0.717) is 5.56 Å². The number of fused-ring (bicyclic) bond motifs is 1. The van der Waals surface area contributed by atoms with Crippen molar-refractivity contribution in [3.63, 3.8) is 0 Å². The zero-order chi connectivity index (χ0) is 18.6. The first-order valence-corrected chi connectivity index (χ1v) is 9.33. The summed E-state index contributed by atoms with van der Waals surface area (Å²) >= 11 is 0. The third kappa shape index (κ3) is 3.22. The van der Waals surface area contributed by atoms with Gasteiger partial charge in [0.25, 0.3) is 0 Å².